The van der Waals surface area contributed by atoms with Crippen molar-refractivity contribution in [1.82, 2.24) is 10.3 Å². The number of nitrogens with zero attached hydrogens (tertiary/aromatic N) is 1. The first kappa shape index (κ1) is 20.8. The molecule has 11 heteroatoms. The van der Waals surface area contributed by atoms with Crippen molar-refractivity contribution in [3.8, 4) is 0 Å². The van der Waals surface area contributed by atoms with Gasteiger partial charge in [0.1, 0.15) is 0 Å². The van der Waals surface area contributed by atoms with E-state index in [9.17, 15) is 18.0 Å². The average molecular weight is 412 g/mol. The normalized spacial score (nSPS) is 11.0. The van der Waals surface area contributed by atoms with E-state index in [4.69, 9.17) is 9.88 Å². The van der Waals surface area contributed by atoms with Crippen molar-refractivity contribution in [2.24, 2.45) is 5.14 Å². The number of rotatable bonds is 8. The maximum absolute atomic E-state index is 12.0. The smallest absolute Gasteiger partial charge is 0.413 e. The molecule has 0 aliphatic rings. The Labute approximate surface area is 161 Å². The first-order valence-electron chi connectivity index (χ1n) is 8.04. The maximum atomic E-state index is 12.0. The summed E-state index contributed by atoms with van der Waals surface area (Å²) in [6.45, 7) is 2.36. The fraction of sp³-hybridized carbons (Fsp3) is 0.312. The minimum absolute atomic E-state index is 0.0473. The Kier molecular flexibility index (Phi) is 7.28. The second-order valence-electron chi connectivity index (χ2n) is 5.46. The molecule has 0 aliphatic heterocycles. The van der Waals surface area contributed by atoms with Crippen LogP contribution in [0.3, 0.4) is 0 Å². The number of hydrogen-bond donors (Lipinski definition) is 3. The van der Waals surface area contributed by atoms with Gasteiger partial charge < -0.3 is 10.1 Å². The minimum Gasteiger partial charge on any atom is -0.450 e. The van der Waals surface area contributed by atoms with Crippen LogP contribution in [0.1, 0.15) is 18.2 Å². The molecule has 0 spiro atoms. The van der Waals surface area contributed by atoms with Crippen LogP contribution >= 0.6 is 11.3 Å². The molecule has 2 rings (SSSR count). The van der Waals surface area contributed by atoms with Crippen molar-refractivity contribution in [2.75, 3.05) is 18.5 Å². The number of aromatic nitrogens is 1. The van der Waals surface area contributed by atoms with E-state index in [0.717, 1.165) is 5.56 Å². The Morgan fingerprint density at radius 1 is 1.26 bits per heavy atom. The van der Waals surface area contributed by atoms with Crippen LogP contribution in [0.15, 0.2) is 34.5 Å². The van der Waals surface area contributed by atoms with Gasteiger partial charge in [-0.1, -0.05) is 12.1 Å². The molecule has 0 aliphatic carbocycles. The number of thiazole rings is 1. The summed E-state index contributed by atoms with van der Waals surface area (Å²) in [5, 5.41) is 12.3. The van der Waals surface area contributed by atoms with Crippen molar-refractivity contribution in [1.29, 1.82) is 0 Å². The molecular formula is C16H20N4O5S2. The molecule has 1 heterocycles. The lowest BCUT2D eigenvalue weighted by atomic mass is 10.1. The van der Waals surface area contributed by atoms with E-state index in [1.807, 2.05) is 0 Å². The monoisotopic (exact) mass is 412 g/mol. The summed E-state index contributed by atoms with van der Waals surface area (Å²) in [5.74, 6) is -0.204. The number of sulfonamides is 1. The number of primary sulfonamides is 1. The summed E-state index contributed by atoms with van der Waals surface area (Å²) in [7, 11) is -3.71. The lowest BCUT2D eigenvalue weighted by Crippen LogP contribution is -2.27. The van der Waals surface area contributed by atoms with Crippen molar-refractivity contribution in [3.63, 3.8) is 0 Å². The molecule has 0 saturated heterocycles. The molecule has 1 aromatic heterocycles. The van der Waals surface area contributed by atoms with E-state index >= 15 is 0 Å². The summed E-state index contributed by atoms with van der Waals surface area (Å²) in [6, 6.07) is 6.17. The molecule has 2 amide bonds. The predicted molar refractivity (Wildman–Crippen MR) is 101 cm³/mol. The zero-order chi connectivity index (χ0) is 19.9. The molecule has 2 aromatic rings. The van der Waals surface area contributed by atoms with Gasteiger partial charge in [0.2, 0.25) is 15.9 Å². The van der Waals surface area contributed by atoms with Crippen LogP contribution in [0.4, 0.5) is 9.93 Å². The van der Waals surface area contributed by atoms with Gasteiger partial charge in [0.05, 0.1) is 23.6 Å². The number of nitrogens with one attached hydrogen (secondary N) is 2. The fourth-order valence-electron chi connectivity index (χ4n) is 2.12. The van der Waals surface area contributed by atoms with Crippen LogP contribution in [0.5, 0.6) is 0 Å². The third-order valence-corrected chi connectivity index (χ3v) is 5.10. The summed E-state index contributed by atoms with van der Waals surface area (Å²) in [6.07, 6.45) is 0.0469. The summed E-state index contributed by atoms with van der Waals surface area (Å²) in [4.78, 5) is 27.5. The van der Waals surface area contributed by atoms with Crippen LogP contribution in [-0.4, -0.2) is 38.6 Å². The average Bonchev–Trinajstić information content (AvgIpc) is 3.01. The Hall–Kier alpha value is -2.50. The zero-order valence-corrected chi connectivity index (χ0v) is 16.2. The fourth-order valence-corrected chi connectivity index (χ4v) is 3.33. The second kappa shape index (κ2) is 9.44. The topological polar surface area (TPSA) is 140 Å². The van der Waals surface area contributed by atoms with Crippen molar-refractivity contribution in [3.05, 3.63) is 40.9 Å². The predicted octanol–water partition coefficient (Wildman–Crippen LogP) is 1.26. The highest BCUT2D eigenvalue weighted by Crippen LogP contribution is 2.16. The van der Waals surface area contributed by atoms with Gasteiger partial charge in [-0.3, -0.25) is 10.1 Å². The third-order valence-electron chi connectivity index (χ3n) is 3.37. The van der Waals surface area contributed by atoms with Crippen molar-refractivity contribution in [2.45, 2.75) is 24.7 Å². The number of carbonyl (C=O) groups is 2. The first-order valence-corrected chi connectivity index (χ1v) is 10.5. The van der Waals surface area contributed by atoms with E-state index in [1.165, 1.54) is 23.5 Å². The molecule has 0 saturated carbocycles. The Bertz CT molecular complexity index is 894. The lowest BCUT2D eigenvalue weighted by Gasteiger charge is -2.05. The highest BCUT2D eigenvalue weighted by Gasteiger charge is 2.10. The second-order valence-corrected chi connectivity index (χ2v) is 7.87. The molecule has 1 aromatic carbocycles. The van der Waals surface area contributed by atoms with Crippen molar-refractivity contribution >= 4 is 38.5 Å². The zero-order valence-electron chi connectivity index (χ0n) is 14.6. The molecule has 0 unspecified atom stereocenters. The molecule has 0 bridgehead atoms. The Morgan fingerprint density at radius 3 is 2.59 bits per heavy atom. The van der Waals surface area contributed by atoms with Gasteiger partial charge in [-0.15, -0.1) is 11.3 Å². The Morgan fingerprint density at radius 2 is 1.96 bits per heavy atom. The van der Waals surface area contributed by atoms with Gasteiger partial charge in [-0.2, -0.15) is 0 Å². The van der Waals surface area contributed by atoms with Gasteiger partial charge in [0.25, 0.3) is 0 Å². The van der Waals surface area contributed by atoms with Crippen LogP contribution in [0.2, 0.25) is 0 Å². The third kappa shape index (κ3) is 6.96. The molecule has 0 atom stereocenters. The van der Waals surface area contributed by atoms with Crippen LogP contribution < -0.4 is 15.8 Å². The van der Waals surface area contributed by atoms with Gasteiger partial charge in [0, 0.05) is 11.9 Å². The standard InChI is InChI=1S/C16H20N4O5S2/c1-2-25-16(22)20-15-19-12(10-26-15)9-14(21)18-8-7-11-3-5-13(6-4-11)27(17,23)24/h3-6,10H,2,7-9H2,1H3,(H,18,21)(H2,17,23,24)(H,19,20,22). The molecule has 27 heavy (non-hydrogen) atoms. The van der Waals surface area contributed by atoms with E-state index in [2.05, 4.69) is 15.6 Å². The number of benzene rings is 1. The molecule has 0 radical (unpaired) electrons. The quantitative estimate of drug-likeness (QED) is 0.596. The van der Waals surface area contributed by atoms with E-state index in [1.54, 1.807) is 24.4 Å². The highest BCUT2D eigenvalue weighted by molar-refractivity contribution is 7.89. The molecular weight excluding hydrogens is 392 g/mol. The van der Waals surface area contributed by atoms with Crippen LogP contribution in [0.25, 0.3) is 0 Å². The van der Waals surface area contributed by atoms with Gasteiger partial charge in [0.15, 0.2) is 5.13 Å². The van der Waals surface area contributed by atoms with Gasteiger partial charge >= 0.3 is 6.09 Å². The molecule has 4 N–H and O–H groups in total. The molecule has 9 nitrogen and oxygen atoms in total. The van der Waals surface area contributed by atoms with Crippen molar-refractivity contribution < 1.29 is 22.7 Å². The largest absolute Gasteiger partial charge is 0.450 e. The SMILES string of the molecule is CCOC(=O)Nc1nc(CC(=O)NCCc2ccc(S(N)(=O)=O)cc2)cs1. The van der Waals surface area contributed by atoms with Gasteiger partial charge in [-0.25, -0.2) is 23.3 Å². The number of hydrogen-bond acceptors (Lipinski definition) is 7. The van der Waals surface area contributed by atoms with Gasteiger partial charge in [-0.05, 0) is 31.0 Å². The summed E-state index contributed by atoms with van der Waals surface area (Å²) in [5.41, 5.74) is 1.42. The number of ether oxygens (including phenoxy) is 1. The minimum atomic E-state index is -3.71. The van der Waals surface area contributed by atoms with Crippen LogP contribution in [-0.2, 0) is 32.4 Å². The number of carbonyl (C=O) groups excluding carboxylic acids is 2. The first-order chi connectivity index (χ1) is 12.8. The number of nitrogens with two attached hydrogens (primary N) is 1. The number of anilines is 1. The number of amides is 2. The van der Waals surface area contributed by atoms with Crippen LogP contribution in [0, 0.1) is 0 Å². The molecule has 0 fully saturated rings. The Balaban J connectivity index is 1.76. The van der Waals surface area contributed by atoms with E-state index < -0.39 is 16.1 Å². The maximum Gasteiger partial charge on any atom is 0.413 e. The summed E-state index contributed by atoms with van der Waals surface area (Å²) >= 11 is 1.21. The molecule has 146 valence electrons. The van der Waals surface area contributed by atoms with E-state index in [0.29, 0.717) is 23.8 Å². The lowest BCUT2D eigenvalue weighted by molar-refractivity contribution is -0.120. The van der Waals surface area contributed by atoms with E-state index in [-0.39, 0.29) is 23.8 Å². The summed E-state index contributed by atoms with van der Waals surface area (Å²) < 4.78 is 27.2. The highest BCUT2D eigenvalue weighted by atomic mass is 32.2.